The smallest absolute Gasteiger partial charge is 0.0495 e. The Kier molecular flexibility index (Phi) is 5.36. The second-order valence-corrected chi connectivity index (χ2v) is 7.12. The highest BCUT2D eigenvalue weighted by atomic mass is 16.5. The van der Waals surface area contributed by atoms with Gasteiger partial charge in [-0.15, -0.1) is 0 Å². The summed E-state index contributed by atoms with van der Waals surface area (Å²) in [5.41, 5.74) is 0. The van der Waals surface area contributed by atoms with Crippen molar-refractivity contribution in [3.8, 4) is 0 Å². The molecular formula is C17H32N2O. The fraction of sp³-hybridized carbons (Fsp3) is 1.00. The van der Waals surface area contributed by atoms with Crippen LogP contribution in [0.5, 0.6) is 0 Å². The van der Waals surface area contributed by atoms with Crippen molar-refractivity contribution in [1.82, 2.24) is 10.2 Å². The Morgan fingerprint density at radius 1 is 1.15 bits per heavy atom. The van der Waals surface area contributed by atoms with Crippen LogP contribution in [0.4, 0.5) is 0 Å². The summed E-state index contributed by atoms with van der Waals surface area (Å²) in [4.78, 5) is 2.87. The molecule has 20 heavy (non-hydrogen) atoms. The molecule has 3 heterocycles. The van der Waals surface area contributed by atoms with Crippen LogP contribution >= 0.6 is 0 Å². The maximum atomic E-state index is 5.52. The van der Waals surface area contributed by atoms with E-state index in [1.807, 2.05) is 0 Å². The van der Waals surface area contributed by atoms with Gasteiger partial charge in [-0.3, -0.25) is 4.90 Å². The van der Waals surface area contributed by atoms with Crippen LogP contribution < -0.4 is 5.32 Å². The first-order valence-corrected chi connectivity index (χ1v) is 8.93. The van der Waals surface area contributed by atoms with E-state index in [2.05, 4.69) is 17.1 Å². The number of hydrogen-bond acceptors (Lipinski definition) is 3. The Morgan fingerprint density at radius 3 is 2.60 bits per heavy atom. The highest BCUT2D eigenvalue weighted by Gasteiger charge is 2.37. The van der Waals surface area contributed by atoms with Gasteiger partial charge in [0, 0.05) is 31.3 Å². The van der Waals surface area contributed by atoms with Gasteiger partial charge in [0.15, 0.2) is 0 Å². The van der Waals surface area contributed by atoms with Crippen LogP contribution in [-0.2, 0) is 4.74 Å². The highest BCUT2D eigenvalue weighted by Crippen LogP contribution is 2.34. The number of rotatable bonds is 6. The van der Waals surface area contributed by atoms with E-state index in [0.29, 0.717) is 0 Å². The summed E-state index contributed by atoms with van der Waals surface area (Å²) in [6.45, 7) is 6.81. The normalized spacial score (nSPS) is 38.2. The third-order valence-corrected chi connectivity index (χ3v) is 5.63. The molecule has 2 bridgehead atoms. The third-order valence-electron chi connectivity index (χ3n) is 5.63. The average molecular weight is 280 g/mol. The molecule has 0 spiro atoms. The SMILES string of the molecule is CCCNC1CC2CCCC(C1)N2CCC1CCOC1. The molecule has 0 aromatic heterocycles. The van der Waals surface area contributed by atoms with Crippen molar-refractivity contribution in [2.24, 2.45) is 5.92 Å². The zero-order valence-electron chi connectivity index (χ0n) is 13.2. The lowest BCUT2D eigenvalue weighted by molar-refractivity contribution is 0.0199. The Morgan fingerprint density at radius 2 is 1.95 bits per heavy atom. The summed E-state index contributed by atoms with van der Waals surface area (Å²) < 4.78 is 5.52. The van der Waals surface area contributed by atoms with E-state index >= 15 is 0 Å². The molecule has 3 nitrogen and oxygen atoms in total. The zero-order chi connectivity index (χ0) is 13.8. The second kappa shape index (κ2) is 7.24. The van der Waals surface area contributed by atoms with Crippen LogP contribution in [0.25, 0.3) is 0 Å². The van der Waals surface area contributed by atoms with Crippen LogP contribution in [-0.4, -0.2) is 49.3 Å². The molecule has 3 fully saturated rings. The molecule has 0 saturated carbocycles. The van der Waals surface area contributed by atoms with Crippen LogP contribution in [0.3, 0.4) is 0 Å². The molecule has 3 aliphatic rings. The first-order valence-electron chi connectivity index (χ1n) is 8.93. The number of nitrogens with one attached hydrogen (secondary N) is 1. The number of hydrogen-bond donors (Lipinski definition) is 1. The van der Waals surface area contributed by atoms with Crippen molar-refractivity contribution in [1.29, 1.82) is 0 Å². The quantitative estimate of drug-likeness (QED) is 0.810. The molecule has 3 atom stereocenters. The number of ether oxygens (including phenoxy) is 1. The van der Waals surface area contributed by atoms with Crippen molar-refractivity contribution >= 4 is 0 Å². The van der Waals surface area contributed by atoms with Gasteiger partial charge in [0.25, 0.3) is 0 Å². The minimum Gasteiger partial charge on any atom is -0.381 e. The standard InChI is InChI=1S/C17H32N2O/c1-2-8-18-15-11-16-4-3-5-17(12-15)19(16)9-6-14-7-10-20-13-14/h14-18H,2-13H2,1H3. The van der Waals surface area contributed by atoms with Crippen LogP contribution in [0, 0.1) is 5.92 Å². The molecule has 0 amide bonds. The van der Waals surface area contributed by atoms with Crippen molar-refractivity contribution in [3.63, 3.8) is 0 Å². The molecule has 0 aromatic rings. The first-order chi connectivity index (χ1) is 9.86. The van der Waals surface area contributed by atoms with Crippen LogP contribution in [0.15, 0.2) is 0 Å². The van der Waals surface area contributed by atoms with Crippen molar-refractivity contribution < 1.29 is 4.74 Å². The monoisotopic (exact) mass is 280 g/mol. The van der Waals surface area contributed by atoms with Crippen LogP contribution in [0.1, 0.15) is 58.3 Å². The molecular weight excluding hydrogens is 248 g/mol. The molecule has 3 saturated heterocycles. The van der Waals surface area contributed by atoms with Crippen molar-refractivity contribution in [2.45, 2.75) is 76.4 Å². The first kappa shape index (κ1) is 14.8. The van der Waals surface area contributed by atoms with Crippen molar-refractivity contribution in [2.75, 3.05) is 26.3 Å². The molecule has 1 N–H and O–H groups in total. The molecule has 3 unspecified atom stereocenters. The van der Waals surface area contributed by atoms with E-state index in [-0.39, 0.29) is 0 Å². The molecule has 116 valence electrons. The van der Waals surface area contributed by atoms with Gasteiger partial charge < -0.3 is 10.1 Å². The summed E-state index contributed by atoms with van der Waals surface area (Å²) in [5, 5.41) is 3.77. The number of piperidine rings is 2. The second-order valence-electron chi connectivity index (χ2n) is 7.12. The van der Waals surface area contributed by atoms with Gasteiger partial charge in [-0.2, -0.15) is 0 Å². The summed E-state index contributed by atoms with van der Waals surface area (Å²) in [5.74, 6) is 0.840. The van der Waals surface area contributed by atoms with E-state index in [1.165, 1.54) is 64.5 Å². The van der Waals surface area contributed by atoms with E-state index in [0.717, 1.165) is 37.3 Å². The number of nitrogens with zero attached hydrogens (tertiary/aromatic N) is 1. The molecule has 0 aromatic carbocycles. The average Bonchev–Trinajstić information content (AvgIpc) is 2.95. The Hall–Kier alpha value is -0.120. The van der Waals surface area contributed by atoms with E-state index in [4.69, 9.17) is 4.74 Å². The van der Waals surface area contributed by atoms with Crippen LogP contribution in [0.2, 0.25) is 0 Å². The maximum Gasteiger partial charge on any atom is 0.0495 e. The van der Waals surface area contributed by atoms with E-state index < -0.39 is 0 Å². The van der Waals surface area contributed by atoms with Gasteiger partial charge in [-0.25, -0.2) is 0 Å². The molecule has 3 rings (SSSR count). The summed E-state index contributed by atoms with van der Waals surface area (Å²) in [7, 11) is 0. The topological polar surface area (TPSA) is 24.5 Å². The number of fused-ring (bicyclic) bond motifs is 2. The van der Waals surface area contributed by atoms with Gasteiger partial charge in [0.1, 0.15) is 0 Å². The van der Waals surface area contributed by atoms with Gasteiger partial charge >= 0.3 is 0 Å². The van der Waals surface area contributed by atoms with Gasteiger partial charge in [-0.05, 0) is 64.0 Å². The molecule has 3 aliphatic heterocycles. The van der Waals surface area contributed by atoms with Gasteiger partial charge in [0.2, 0.25) is 0 Å². The Balaban J connectivity index is 1.50. The van der Waals surface area contributed by atoms with E-state index in [1.54, 1.807) is 0 Å². The van der Waals surface area contributed by atoms with Crippen molar-refractivity contribution in [3.05, 3.63) is 0 Å². The lowest BCUT2D eigenvalue weighted by atomic mass is 9.81. The molecule has 0 radical (unpaired) electrons. The van der Waals surface area contributed by atoms with Gasteiger partial charge in [0.05, 0.1) is 0 Å². The predicted molar refractivity (Wildman–Crippen MR) is 83.0 cm³/mol. The molecule has 0 aliphatic carbocycles. The predicted octanol–water partition coefficient (Wildman–Crippen LogP) is 2.80. The zero-order valence-corrected chi connectivity index (χ0v) is 13.2. The van der Waals surface area contributed by atoms with Gasteiger partial charge in [-0.1, -0.05) is 13.3 Å². The minimum absolute atomic E-state index is 0.788. The molecule has 3 heteroatoms. The fourth-order valence-electron chi connectivity index (χ4n) is 4.50. The fourth-order valence-corrected chi connectivity index (χ4v) is 4.50. The lowest BCUT2D eigenvalue weighted by Gasteiger charge is -2.49. The summed E-state index contributed by atoms with van der Waals surface area (Å²) >= 11 is 0. The summed E-state index contributed by atoms with van der Waals surface area (Å²) in [6, 6.07) is 2.51. The Bertz CT molecular complexity index is 277. The summed E-state index contributed by atoms with van der Waals surface area (Å²) in [6.07, 6.45) is 11.0. The largest absolute Gasteiger partial charge is 0.381 e. The third kappa shape index (κ3) is 3.55. The Labute approximate surface area is 124 Å². The van der Waals surface area contributed by atoms with E-state index in [9.17, 15) is 0 Å². The lowest BCUT2D eigenvalue weighted by Crippen LogP contribution is -2.56. The minimum atomic E-state index is 0.788. The highest BCUT2D eigenvalue weighted by molar-refractivity contribution is 4.95. The maximum absolute atomic E-state index is 5.52.